The fourth-order valence-electron chi connectivity index (χ4n) is 2.51. The fraction of sp³-hybridized carbons (Fsp3) is 0.423. The Morgan fingerprint density at radius 3 is 2.28 bits per heavy atom. The van der Waals surface area contributed by atoms with Crippen molar-refractivity contribution in [2.45, 2.75) is 52.4 Å². The summed E-state index contributed by atoms with van der Waals surface area (Å²) in [5.74, 6) is -0.710. The molecule has 0 unspecified atom stereocenters. The second kappa shape index (κ2) is 21.9. The fourth-order valence-corrected chi connectivity index (χ4v) is 2.51. The number of benzene rings is 1. The number of aliphatic hydroxyl groups excluding tert-OH is 2. The highest BCUT2D eigenvalue weighted by Gasteiger charge is 2.26. The number of aromatic nitrogens is 2. The SMILES string of the molecule is C#N.C/C=C\Nc1ccc([C@@H](C)NC)cc1.CC.CN(CCc1cnccn1)C(=O)[C@H](O)[C@@H](O)C=O. The number of nitrogens with one attached hydrogen (secondary N) is 2. The van der Waals surface area contributed by atoms with Crippen LogP contribution in [0, 0.1) is 11.8 Å². The molecule has 10 nitrogen and oxygen atoms in total. The highest BCUT2D eigenvalue weighted by atomic mass is 16.3. The first-order valence-electron chi connectivity index (χ1n) is 11.6. The maximum atomic E-state index is 11.6. The Bertz CT molecular complexity index is 875. The van der Waals surface area contributed by atoms with E-state index < -0.39 is 18.1 Å². The zero-order chi connectivity index (χ0) is 27.9. The molecule has 0 bridgehead atoms. The number of aliphatic hydroxyl groups is 2. The molecule has 0 aliphatic heterocycles. The van der Waals surface area contributed by atoms with Crippen molar-refractivity contribution < 1.29 is 19.8 Å². The molecule has 3 atom stereocenters. The van der Waals surface area contributed by atoms with E-state index in [-0.39, 0.29) is 6.29 Å². The number of nitriles is 1. The summed E-state index contributed by atoms with van der Waals surface area (Å²) in [5.41, 5.74) is 3.14. The number of hydrogen-bond donors (Lipinski definition) is 4. The van der Waals surface area contributed by atoms with Crippen LogP contribution < -0.4 is 10.6 Å². The van der Waals surface area contributed by atoms with Gasteiger partial charge in [-0.25, -0.2) is 5.26 Å². The number of carbonyl (C=O) groups is 2. The van der Waals surface area contributed by atoms with Crippen LogP contribution in [0.1, 0.15) is 45.0 Å². The Hall–Kier alpha value is -3.65. The van der Waals surface area contributed by atoms with Crippen molar-refractivity contribution in [2.75, 3.05) is 26.0 Å². The van der Waals surface area contributed by atoms with Gasteiger partial charge in [0, 0.05) is 56.9 Å². The minimum absolute atomic E-state index is 0.124. The highest BCUT2D eigenvalue weighted by molar-refractivity contribution is 5.84. The van der Waals surface area contributed by atoms with E-state index in [0.29, 0.717) is 24.7 Å². The molecule has 0 saturated heterocycles. The van der Waals surface area contributed by atoms with Gasteiger partial charge in [0.1, 0.15) is 6.10 Å². The number of likely N-dealkylation sites (N-methyl/N-ethyl adjacent to an activating group) is 1. The van der Waals surface area contributed by atoms with E-state index >= 15 is 0 Å². The van der Waals surface area contributed by atoms with Gasteiger partial charge in [-0.05, 0) is 44.8 Å². The van der Waals surface area contributed by atoms with Gasteiger partial charge in [0.25, 0.3) is 5.91 Å². The Labute approximate surface area is 214 Å². The van der Waals surface area contributed by atoms with Crippen LogP contribution in [0.4, 0.5) is 5.69 Å². The number of nitrogens with zero attached hydrogens (tertiary/aromatic N) is 4. The first-order valence-corrected chi connectivity index (χ1v) is 11.6. The summed E-state index contributed by atoms with van der Waals surface area (Å²) < 4.78 is 0. The second-order valence-electron chi connectivity index (χ2n) is 7.05. The van der Waals surface area contributed by atoms with Gasteiger partial charge in [0.05, 0.1) is 5.69 Å². The van der Waals surface area contributed by atoms with E-state index in [1.54, 1.807) is 18.6 Å². The number of anilines is 1. The Kier molecular flexibility index (Phi) is 21.0. The lowest BCUT2D eigenvalue weighted by molar-refractivity contribution is -0.147. The van der Waals surface area contributed by atoms with Crippen molar-refractivity contribution in [2.24, 2.45) is 0 Å². The average Bonchev–Trinajstić information content (AvgIpc) is 2.96. The molecule has 1 amide bonds. The predicted octanol–water partition coefficient (Wildman–Crippen LogP) is 2.48. The molecule has 198 valence electrons. The molecule has 2 rings (SSSR count). The van der Waals surface area contributed by atoms with E-state index in [1.165, 1.54) is 17.5 Å². The average molecular weight is 501 g/mol. The maximum absolute atomic E-state index is 11.6. The van der Waals surface area contributed by atoms with Crippen LogP contribution in [0.25, 0.3) is 0 Å². The monoisotopic (exact) mass is 500 g/mol. The smallest absolute Gasteiger partial charge is 0.254 e. The lowest BCUT2D eigenvalue weighted by Gasteiger charge is -2.21. The maximum Gasteiger partial charge on any atom is 0.254 e. The zero-order valence-electron chi connectivity index (χ0n) is 22.0. The zero-order valence-corrected chi connectivity index (χ0v) is 22.0. The third-order valence-corrected chi connectivity index (χ3v) is 4.67. The molecule has 1 heterocycles. The van der Waals surface area contributed by atoms with Crippen LogP contribution >= 0.6 is 0 Å². The van der Waals surface area contributed by atoms with Crippen molar-refractivity contribution in [3.63, 3.8) is 0 Å². The van der Waals surface area contributed by atoms with Crippen molar-refractivity contribution in [1.82, 2.24) is 20.2 Å². The van der Waals surface area contributed by atoms with Gasteiger partial charge in [-0.15, -0.1) is 0 Å². The number of allylic oxidation sites excluding steroid dienone is 1. The van der Waals surface area contributed by atoms with Crippen molar-refractivity contribution >= 4 is 17.9 Å². The van der Waals surface area contributed by atoms with E-state index in [2.05, 4.69) is 58.4 Å². The number of amides is 1. The molecule has 2 aromatic rings. The number of rotatable bonds is 10. The van der Waals surface area contributed by atoms with Gasteiger partial charge in [-0.3, -0.25) is 14.8 Å². The second-order valence-corrected chi connectivity index (χ2v) is 7.05. The molecule has 0 fully saturated rings. The van der Waals surface area contributed by atoms with Crippen LogP contribution in [0.2, 0.25) is 0 Å². The number of carbonyl (C=O) groups excluding carboxylic acids is 2. The topological polar surface area (TPSA) is 151 Å². The predicted molar refractivity (Wildman–Crippen MR) is 142 cm³/mol. The summed E-state index contributed by atoms with van der Waals surface area (Å²) in [6.45, 7) is 11.9. The summed E-state index contributed by atoms with van der Waals surface area (Å²) in [5, 5.41) is 31.3. The highest BCUT2D eigenvalue weighted by Crippen LogP contribution is 2.15. The molecule has 10 heteroatoms. The summed E-state index contributed by atoms with van der Waals surface area (Å²) in [7, 11) is 3.44. The standard InChI is InChI=1S/C12H18N2.C11H15N3O4.C2H6.CHN/c1-4-9-14-12-7-5-11(6-8-12)10(2)13-3;1-14(11(18)10(17)9(16)7-15)5-2-8-6-12-3-4-13-8;2*1-2/h4-10,13-14H,1-3H3;3-4,6-7,9-10,16-17H,2,5H2,1H3;1-2H3;1H/b9-4-;;;/t10-;9-,10+;;/m10../s1. The quantitative estimate of drug-likeness (QED) is 0.361. The molecule has 4 N–H and O–H groups in total. The number of aldehydes is 1. The molecule has 0 aliphatic carbocycles. The van der Waals surface area contributed by atoms with Crippen LogP contribution in [-0.2, 0) is 16.0 Å². The van der Waals surface area contributed by atoms with Crippen LogP contribution in [0.15, 0.2) is 55.1 Å². The lowest BCUT2D eigenvalue weighted by atomic mass is 10.1. The molecule has 0 radical (unpaired) electrons. The molecular formula is C26H40N6O4. The van der Waals surface area contributed by atoms with Gasteiger partial charge in [-0.2, -0.15) is 0 Å². The third-order valence-electron chi connectivity index (χ3n) is 4.67. The van der Waals surface area contributed by atoms with Gasteiger partial charge < -0.3 is 30.5 Å². The molecule has 1 aromatic heterocycles. The van der Waals surface area contributed by atoms with E-state index in [1.807, 2.05) is 40.1 Å². The Morgan fingerprint density at radius 1 is 1.19 bits per heavy atom. The van der Waals surface area contributed by atoms with Gasteiger partial charge in [-0.1, -0.05) is 32.1 Å². The molecule has 0 spiro atoms. The molecule has 1 aromatic carbocycles. The van der Waals surface area contributed by atoms with E-state index in [4.69, 9.17) is 10.4 Å². The van der Waals surface area contributed by atoms with Gasteiger partial charge >= 0.3 is 0 Å². The van der Waals surface area contributed by atoms with E-state index in [0.717, 1.165) is 5.69 Å². The van der Waals surface area contributed by atoms with Gasteiger partial charge in [0.15, 0.2) is 12.4 Å². The van der Waals surface area contributed by atoms with Crippen LogP contribution in [-0.4, -0.2) is 70.1 Å². The Balaban J connectivity index is 0. The minimum Gasteiger partial charge on any atom is -0.382 e. The summed E-state index contributed by atoms with van der Waals surface area (Å²) in [4.78, 5) is 31.0. The van der Waals surface area contributed by atoms with Crippen molar-refractivity contribution in [1.29, 1.82) is 5.26 Å². The summed E-state index contributed by atoms with van der Waals surface area (Å²) in [6.07, 6.45) is 5.74. The Morgan fingerprint density at radius 2 is 1.81 bits per heavy atom. The summed E-state index contributed by atoms with van der Waals surface area (Å²) in [6, 6.07) is 8.84. The van der Waals surface area contributed by atoms with Crippen LogP contribution in [0.3, 0.4) is 0 Å². The first kappa shape index (κ1) is 34.5. The van der Waals surface area contributed by atoms with Crippen molar-refractivity contribution in [3.8, 4) is 6.57 Å². The molecule has 0 saturated carbocycles. The normalized spacial score (nSPS) is 12.2. The summed E-state index contributed by atoms with van der Waals surface area (Å²) >= 11 is 0. The van der Waals surface area contributed by atoms with E-state index in [9.17, 15) is 14.7 Å². The van der Waals surface area contributed by atoms with Gasteiger partial charge in [0.2, 0.25) is 0 Å². The number of hydrogen-bond acceptors (Lipinski definition) is 9. The largest absolute Gasteiger partial charge is 0.382 e. The molecular weight excluding hydrogens is 460 g/mol. The molecule has 0 aliphatic rings. The molecule has 36 heavy (non-hydrogen) atoms. The lowest BCUT2D eigenvalue weighted by Crippen LogP contribution is -2.44. The third kappa shape index (κ3) is 13.9. The first-order chi connectivity index (χ1) is 17.3. The van der Waals surface area contributed by atoms with Crippen LogP contribution in [0.5, 0.6) is 0 Å². The van der Waals surface area contributed by atoms with Crippen molar-refractivity contribution in [3.05, 3.63) is 66.4 Å². The minimum atomic E-state index is -1.73.